The van der Waals surface area contributed by atoms with Gasteiger partial charge in [-0.25, -0.2) is 18.2 Å². The molecule has 3 fully saturated rings. The van der Waals surface area contributed by atoms with Gasteiger partial charge in [-0.3, -0.25) is 19.1 Å². The van der Waals surface area contributed by atoms with Gasteiger partial charge in [-0.2, -0.15) is 0 Å². The lowest BCUT2D eigenvalue weighted by Crippen LogP contribution is -2.59. The van der Waals surface area contributed by atoms with E-state index in [4.69, 9.17) is 14.2 Å². The van der Waals surface area contributed by atoms with Crippen LogP contribution in [-0.2, 0) is 29.1 Å². The van der Waals surface area contributed by atoms with Crippen LogP contribution in [0.4, 0.5) is 10.5 Å². The Morgan fingerprint density at radius 3 is 2.57 bits per heavy atom. The zero-order valence-electron chi connectivity index (χ0n) is 33.0. The number of fused-ring (bicyclic) bond motifs is 5. The lowest BCUT2D eigenvalue weighted by Gasteiger charge is -2.33. The number of likely N-dealkylation sites (N-methyl/N-ethyl adjacent to an activating group) is 1. The second-order valence-corrected chi connectivity index (χ2v) is 19.2. The van der Waals surface area contributed by atoms with Crippen LogP contribution in [0.5, 0.6) is 11.6 Å². The van der Waals surface area contributed by atoms with E-state index in [1.165, 1.54) is 4.90 Å². The summed E-state index contributed by atoms with van der Waals surface area (Å²) < 4.78 is 46.2. The Labute approximate surface area is 328 Å². The Kier molecular flexibility index (Phi) is 10.7. The van der Waals surface area contributed by atoms with Gasteiger partial charge < -0.3 is 34.6 Å². The number of sulfonamides is 1. The van der Waals surface area contributed by atoms with E-state index in [1.54, 1.807) is 27.0 Å². The van der Waals surface area contributed by atoms with Crippen molar-refractivity contribution in [3.05, 3.63) is 36.5 Å². The first-order chi connectivity index (χ1) is 26.5. The highest BCUT2D eigenvalue weighted by atomic mass is 32.2. The molecule has 1 saturated heterocycles. The van der Waals surface area contributed by atoms with Gasteiger partial charge in [0.15, 0.2) is 5.75 Å². The number of allylic oxidation sites excluding steroid dienone is 1. The molecule has 7 atom stereocenters. The largest absolute Gasteiger partial charge is 0.489 e. The molecule has 2 saturated carbocycles. The van der Waals surface area contributed by atoms with Crippen LogP contribution in [0.1, 0.15) is 79.6 Å². The van der Waals surface area contributed by atoms with Crippen molar-refractivity contribution < 1.29 is 41.8 Å². The topological polar surface area (TPSA) is 186 Å². The van der Waals surface area contributed by atoms with Crippen LogP contribution in [-0.4, -0.2) is 103 Å². The van der Waals surface area contributed by atoms with Gasteiger partial charge in [-0.15, -0.1) is 0 Å². The molecule has 56 heavy (non-hydrogen) atoms. The summed E-state index contributed by atoms with van der Waals surface area (Å²) in [4.78, 5) is 64.5. The van der Waals surface area contributed by atoms with E-state index < -0.39 is 74.3 Å². The molecule has 15 nitrogen and oxygen atoms in total. The first-order valence-electron chi connectivity index (χ1n) is 19.7. The zero-order valence-corrected chi connectivity index (χ0v) is 33.8. The zero-order chi connectivity index (χ0) is 40.2. The second-order valence-electron chi connectivity index (χ2n) is 17.3. The molecule has 7 rings (SSSR count). The Hall–Kier alpha value is -4.60. The van der Waals surface area contributed by atoms with Crippen molar-refractivity contribution >= 4 is 50.3 Å². The van der Waals surface area contributed by atoms with Crippen molar-refractivity contribution in [1.82, 2.24) is 25.2 Å². The molecule has 3 aliphatic heterocycles. The maximum atomic E-state index is 14.8. The number of hydrogen-bond acceptors (Lipinski definition) is 11. The van der Waals surface area contributed by atoms with E-state index in [2.05, 4.69) is 32.2 Å². The average Bonchev–Trinajstić information content (AvgIpc) is 4.05. The second kappa shape index (κ2) is 15.1. The molecule has 1 aromatic heterocycles. The fraction of sp³-hybridized carbons (Fsp3) is 0.625. The minimum absolute atomic E-state index is 0.0213. The molecule has 3 N–H and O–H groups in total. The Balaban J connectivity index is 1.22. The van der Waals surface area contributed by atoms with Crippen molar-refractivity contribution in [2.75, 3.05) is 31.6 Å². The van der Waals surface area contributed by atoms with Gasteiger partial charge >= 0.3 is 6.09 Å². The quantitative estimate of drug-likeness (QED) is 0.362. The fourth-order valence-electron chi connectivity index (χ4n) is 8.23. The molecule has 4 amide bonds. The SMILES string of the molecule is C[C@@H]1CC/C=C\[C@@H]2C[C@@]2(C(=O)NS(=O)(=O)C2CC2)NC(=O)[C@@H]2C[C@@H](Oc3nccc4c5c(ccc34)N(C)CCO5)CN2C(=O)[C@@H](NC(=O)OC(C)(C)C)[C@H](C)C1. The molecular formula is C40H54N6O9S. The number of ether oxygens (including phenoxy) is 3. The van der Waals surface area contributed by atoms with Gasteiger partial charge in [-0.05, 0) is 89.3 Å². The Bertz CT molecular complexity index is 2030. The standard InChI is InChI=1S/C40H54N6O9S/c1-23-9-7-8-10-25-21-40(25,37(49)44-56(51,52)27-11-12-27)43-34(47)31-20-26(22-46(31)36(48)32(24(2)19-23)42-38(50)55-39(3,4)5)54-35-29-13-14-30-33(28(29)15-16-41-35)53-18-17-45(30)6/h8,10,13-16,23-27,31-32H,7,9,11-12,17-22H2,1-6H3,(H,42,50)(H,43,47)(H,44,49)/b10-8-/t23-,24-,25-,26-,31+,32+,40-/m1/s1. The maximum Gasteiger partial charge on any atom is 0.408 e. The first kappa shape index (κ1) is 39.6. The van der Waals surface area contributed by atoms with Crippen molar-refractivity contribution in [2.24, 2.45) is 17.8 Å². The van der Waals surface area contributed by atoms with E-state index in [9.17, 15) is 27.6 Å². The maximum absolute atomic E-state index is 14.8. The smallest absolute Gasteiger partial charge is 0.408 e. The van der Waals surface area contributed by atoms with E-state index in [-0.39, 0.29) is 31.2 Å². The normalized spacial score (nSPS) is 30.3. The molecular weight excluding hydrogens is 741 g/mol. The van der Waals surface area contributed by atoms with Crippen LogP contribution in [0.2, 0.25) is 0 Å². The molecule has 2 aromatic rings. The van der Waals surface area contributed by atoms with Gasteiger partial charge in [0.2, 0.25) is 27.7 Å². The third kappa shape index (κ3) is 8.25. The summed E-state index contributed by atoms with van der Waals surface area (Å²) in [6, 6.07) is 3.55. The summed E-state index contributed by atoms with van der Waals surface area (Å²) in [5, 5.41) is 6.61. The summed E-state index contributed by atoms with van der Waals surface area (Å²) in [5.74, 6) is -1.50. The van der Waals surface area contributed by atoms with Gasteiger partial charge in [0.1, 0.15) is 35.9 Å². The molecule has 1 aromatic carbocycles. The van der Waals surface area contributed by atoms with Crippen LogP contribution < -0.4 is 29.7 Å². The molecule has 5 aliphatic rings. The minimum atomic E-state index is -3.90. The van der Waals surface area contributed by atoms with Crippen molar-refractivity contribution in [3.63, 3.8) is 0 Å². The molecule has 0 unspecified atom stereocenters. The number of rotatable bonds is 6. The number of hydrogen-bond donors (Lipinski definition) is 3. The van der Waals surface area contributed by atoms with Crippen LogP contribution >= 0.6 is 0 Å². The van der Waals surface area contributed by atoms with Crippen LogP contribution in [0.25, 0.3) is 10.8 Å². The molecule has 4 heterocycles. The molecule has 0 radical (unpaired) electrons. The minimum Gasteiger partial charge on any atom is -0.489 e. The van der Waals surface area contributed by atoms with E-state index in [0.717, 1.165) is 29.8 Å². The molecule has 2 aliphatic carbocycles. The summed E-state index contributed by atoms with van der Waals surface area (Å²) >= 11 is 0. The monoisotopic (exact) mass is 794 g/mol. The molecule has 304 valence electrons. The molecule has 0 spiro atoms. The molecule has 16 heteroatoms. The number of alkyl carbamates (subject to hydrolysis) is 1. The third-order valence-electron chi connectivity index (χ3n) is 11.5. The highest BCUT2D eigenvalue weighted by molar-refractivity contribution is 7.91. The number of carbonyl (C=O) groups excluding carboxylic acids is 4. The number of amides is 4. The Morgan fingerprint density at radius 2 is 1.84 bits per heavy atom. The summed E-state index contributed by atoms with van der Waals surface area (Å²) in [7, 11) is -1.90. The van der Waals surface area contributed by atoms with Gasteiger partial charge in [0.05, 0.1) is 24.0 Å². The van der Waals surface area contributed by atoms with Crippen LogP contribution in [0, 0.1) is 17.8 Å². The predicted molar refractivity (Wildman–Crippen MR) is 209 cm³/mol. The highest BCUT2D eigenvalue weighted by Gasteiger charge is 2.62. The highest BCUT2D eigenvalue weighted by Crippen LogP contribution is 2.46. The van der Waals surface area contributed by atoms with E-state index in [1.807, 2.05) is 44.3 Å². The fourth-order valence-corrected chi connectivity index (χ4v) is 9.59. The van der Waals surface area contributed by atoms with Gasteiger partial charge in [0, 0.05) is 36.4 Å². The van der Waals surface area contributed by atoms with E-state index in [0.29, 0.717) is 43.6 Å². The van der Waals surface area contributed by atoms with Crippen LogP contribution in [0.15, 0.2) is 36.5 Å². The summed E-state index contributed by atoms with van der Waals surface area (Å²) in [6.45, 7) is 10.4. The Morgan fingerprint density at radius 1 is 1.07 bits per heavy atom. The predicted octanol–water partition coefficient (Wildman–Crippen LogP) is 3.80. The number of nitrogens with zero attached hydrogens (tertiary/aromatic N) is 3. The number of carbonyl (C=O) groups is 4. The molecule has 0 bridgehead atoms. The lowest BCUT2D eigenvalue weighted by atomic mass is 9.88. The number of anilines is 1. The number of aromatic nitrogens is 1. The van der Waals surface area contributed by atoms with Crippen molar-refractivity contribution in [1.29, 1.82) is 0 Å². The van der Waals surface area contributed by atoms with Gasteiger partial charge in [-0.1, -0.05) is 26.0 Å². The lowest BCUT2D eigenvalue weighted by molar-refractivity contribution is -0.142. The first-order valence-corrected chi connectivity index (χ1v) is 21.3. The summed E-state index contributed by atoms with van der Waals surface area (Å²) in [6.07, 6.45) is 7.24. The van der Waals surface area contributed by atoms with E-state index >= 15 is 0 Å². The van der Waals surface area contributed by atoms with Crippen molar-refractivity contribution in [3.8, 4) is 11.6 Å². The summed E-state index contributed by atoms with van der Waals surface area (Å²) in [5.41, 5.74) is -1.39. The van der Waals surface area contributed by atoms with Crippen LogP contribution in [0.3, 0.4) is 0 Å². The number of nitrogens with one attached hydrogen (secondary N) is 3. The third-order valence-corrected chi connectivity index (χ3v) is 13.3. The number of benzene rings is 1. The van der Waals surface area contributed by atoms with Gasteiger partial charge in [0.25, 0.3) is 5.91 Å². The number of pyridine rings is 1. The van der Waals surface area contributed by atoms with Crippen molar-refractivity contribution in [2.45, 2.75) is 114 Å². The average molecular weight is 795 g/mol.